The molecule has 2 atom stereocenters. The van der Waals surface area contributed by atoms with E-state index in [1.807, 2.05) is 19.1 Å². The Balaban J connectivity index is 1.98. The van der Waals surface area contributed by atoms with Crippen molar-refractivity contribution in [1.82, 2.24) is 15.0 Å². The van der Waals surface area contributed by atoms with E-state index in [0.29, 0.717) is 12.1 Å². The maximum atomic E-state index is 10.8. The molecule has 0 unspecified atom stereocenters. The quantitative estimate of drug-likeness (QED) is 0.798. The molecule has 0 saturated heterocycles. The summed E-state index contributed by atoms with van der Waals surface area (Å²) >= 11 is 0. The predicted octanol–water partition coefficient (Wildman–Crippen LogP) is 1.45. The molecule has 5 nitrogen and oxygen atoms in total. The van der Waals surface area contributed by atoms with Crippen LogP contribution in [0, 0.1) is 12.8 Å². The van der Waals surface area contributed by atoms with Gasteiger partial charge in [-0.05, 0) is 25.5 Å². The van der Waals surface area contributed by atoms with Crippen LogP contribution in [0.3, 0.4) is 0 Å². The van der Waals surface area contributed by atoms with Gasteiger partial charge in [0.25, 0.3) is 0 Å². The zero-order chi connectivity index (χ0) is 11.3. The molecule has 0 radical (unpaired) electrons. The third kappa shape index (κ3) is 1.36. The number of aliphatic carboxylic acids is 1. The number of aromatic amines is 1. The summed E-state index contributed by atoms with van der Waals surface area (Å²) in [5.74, 6) is -0.233. The van der Waals surface area contributed by atoms with Gasteiger partial charge in [-0.25, -0.2) is 9.97 Å². The first-order chi connectivity index (χ1) is 7.65. The summed E-state index contributed by atoms with van der Waals surface area (Å²) in [6.45, 7) is 1.91. The second-order valence-electron chi connectivity index (χ2n) is 4.23. The smallest absolute Gasteiger partial charge is 0.307 e. The van der Waals surface area contributed by atoms with Gasteiger partial charge in [0.15, 0.2) is 5.65 Å². The van der Waals surface area contributed by atoms with Crippen LogP contribution in [0.25, 0.3) is 11.2 Å². The Morgan fingerprint density at radius 2 is 2.31 bits per heavy atom. The van der Waals surface area contributed by atoms with Gasteiger partial charge < -0.3 is 10.1 Å². The minimum atomic E-state index is -0.741. The second kappa shape index (κ2) is 3.04. The molecule has 1 fully saturated rings. The number of pyridine rings is 1. The van der Waals surface area contributed by atoms with Crippen molar-refractivity contribution in [3.63, 3.8) is 0 Å². The molecule has 1 aliphatic carbocycles. The Hall–Kier alpha value is -1.91. The van der Waals surface area contributed by atoms with Gasteiger partial charge in [0, 0.05) is 11.6 Å². The van der Waals surface area contributed by atoms with Crippen molar-refractivity contribution in [2.75, 3.05) is 0 Å². The van der Waals surface area contributed by atoms with E-state index in [1.54, 1.807) is 0 Å². The molecular formula is C11H11N3O2. The van der Waals surface area contributed by atoms with Gasteiger partial charge in [-0.3, -0.25) is 4.79 Å². The third-order valence-corrected chi connectivity index (χ3v) is 2.96. The molecule has 2 heterocycles. The second-order valence-corrected chi connectivity index (χ2v) is 4.23. The number of fused-ring (bicyclic) bond motifs is 1. The zero-order valence-corrected chi connectivity index (χ0v) is 8.77. The SMILES string of the molecule is Cc1ccc2[nH]c([C@@H]3C[C@H]3C(=O)O)nc2n1. The van der Waals surface area contributed by atoms with Crippen molar-refractivity contribution < 1.29 is 9.90 Å². The number of carboxylic acids is 1. The van der Waals surface area contributed by atoms with Crippen molar-refractivity contribution in [3.8, 4) is 0 Å². The van der Waals surface area contributed by atoms with Gasteiger partial charge >= 0.3 is 5.97 Å². The molecule has 0 aliphatic heterocycles. The van der Waals surface area contributed by atoms with Crippen LogP contribution in [0.2, 0.25) is 0 Å². The third-order valence-electron chi connectivity index (χ3n) is 2.96. The van der Waals surface area contributed by atoms with Gasteiger partial charge in [0.05, 0.1) is 11.4 Å². The Labute approximate surface area is 91.5 Å². The summed E-state index contributed by atoms with van der Waals surface area (Å²) in [6.07, 6.45) is 0.675. The average molecular weight is 217 g/mol. The van der Waals surface area contributed by atoms with Crippen molar-refractivity contribution in [2.24, 2.45) is 5.92 Å². The van der Waals surface area contributed by atoms with E-state index in [0.717, 1.165) is 17.0 Å². The van der Waals surface area contributed by atoms with Crippen LogP contribution in [-0.2, 0) is 4.79 Å². The molecule has 2 aromatic rings. The van der Waals surface area contributed by atoms with E-state index in [4.69, 9.17) is 5.11 Å². The minimum Gasteiger partial charge on any atom is -0.481 e. The molecule has 0 aromatic carbocycles. The van der Waals surface area contributed by atoms with Gasteiger partial charge in [-0.2, -0.15) is 0 Å². The molecule has 1 aliphatic rings. The highest BCUT2D eigenvalue weighted by Gasteiger charge is 2.46. The summed E-state index contributed by atoms with van der Waals surface area (Å²) in [5.41, 5.74) is 2.46. The number of aromatic nitrogens is 3. The summed E-state index contributed by atoms with van der Waals surface area (Å²) < 4.78 is 0. The Morgan fingerprint density at radius 1 is 1.50 bits per heavy atom. The molecule has 1 saturated carbocycles. The molecule has 0 amide bonds. The summed E-state index contributed by atoms with van der Waals surface area (Å²) in [6, 6.07) is 3.83. The first-order valence-electron chi connectivity index (χ1n) is 5.21. The van der Waals surface area contributed by atoms with E-state index < -0.39 is 5.97 Å². The lowest BCUT2D eigenvalue weighted by Gasteiger charge is -1.89. The molecule has 0 spiro atoms. The Morgan fingerprint density at radius 3 is 3.00 bits per heavy atom. The normalized spacial score (nSPS) is 23.6. The number of hydrogen-bond acceptors (Lipinski definition) is 3. The average Bonchev–Trinajstić information content (AvgIpc) is 2.93. The number of carboxylic acid groups (broad SMARTS) is 1. The first-order valence-corrected chi connectivity index (χ1v) is 5.21. The van der Waals surface area contributed by atoms with Gasteiger partial charge in [-0.1, -0.05) is 0 Å². The van der Waals surface area contributed by atoms with Crippen LogP contribution in [0.1, 0.15) is 23.9 Å². The maximum absolute atomic E-state index is 10.8. The fourth-order valence-corrected chi connectivity index (χ4v) is 1.95. The minimum absolute atomic E-state index is 0.0343. The summed E-state index contributed by atoms with van der Waals surface area (Å²) in [7, 11) is 0. The molecule has 82 valence electrons. The van der Waals surface area contributed by atoms with E-state index in [2.05, 4.69) is 15.0 Å². The van der Waals surface area contributed by atoms with Crippen LogP contribution in [0.15, 0.2) is 12.1 Å². The number of hydrogen-bond donors (Lipinski definition) is 2. The van der Waals surface area contributed by atoms with Crippen molar-refractivity contribution in [3.05, 3.63) is 23.7 Å². The number of carbonyl (C=O) groups is 1. The maximum Gasteiger partial charge on any atom is 0.307 e. The molecule has 0 bridgehead atoms. The zero-order valence-electron chi connectivity index (χ0n) is 8.77. The van der Waals surface area contributed by atoms with Gasteiger partial charge in [0.2, 0.25) is 0 Å². The molecule has 2 N–H and O–H groups in total. The van der Waals surface area contributed by atoms with E-state index in [9.17, 15) is 4.79 Å². The number of rotatable bonds is 2. The lowest BCUT2D eigenvalue weighted by Crippen LogP contribution is -1.99. The van der Waals surface area contributed by atoms with Crippen LogP contribution in [0.5, 0.6) is 0 Å². The number of imidazole rings is 1. The highest BCUT2D eigenvalue weighted by Crippen LogP contribution is 2.46. The lowest BCUT2D eigenvalue weighted by molar-refractivity contribution is -0.138. The fraction of sp³-hybridized carbons (Fsp3) is 0.364. The monoisotopic (exact) mass is 217 g/mol. The van der Waals surface area contributed by atoms with Crippen molar-refractivity contribution in [2.45, 2.75) is 19.3 Å². The fourth-order valence-electron chi connectivity index (χ4n) is 1.95. The summed E-state index contributed by atoms with van der Waals surface area (Å²) in [5, 5.41) is 8.85. The van der Waals surface area contributed by atoms with Gasteiger partial charge in [-0.15, -0.1) is 0 Å². The first kappa shape index (κ1) is 9.33. The Kier molecular flexibility index (Phi) is 1.77. The molecule has 16 heavy (non-hydrogen) atoms. The highest BCUT2D eigenvalue weighted by atomic mass is 16.4. The predicted molar refractivity (Wildman–Crippen MR) is 57.1 cm³/mol. The molecule has 3 rings (SSSR count). The van der Waals surface area contributed by atoms with E-state index in [1.165, 1.54) is 0 Å². The number of nitrogens with one attached hydrogen (secondary N) is 1. The largest absolute Gasteiger partial charge is 0.481 e. The molecular weight excluding hydrogens is 206 g/mol. The van der Waals surface area contributed by atoms with Crippen LogP contribution >= 0.6 is 0 Å². The summed E-state index contributed by atoms with van der Waals surface area (Å²) in [4.78, 5) is 22.5. The van der Waals surface area contributed by atoms with Crippen molar-refractivity contribution in [1.29, 1.82) is 0 Å². The molecule has 5 heteroatoms. The lowest BCUT2D eigenvalue weighted by atomic mass is 10.3. The molecule has 2 aromatic heterocycles. The number of nitrogens with zero attached hydrogens (tertiary/aromatic N) is 2. The van der Waals surface area contributed by atoms with E-state index >= 15 is 0 Å². The topological polar surface area (TPSA) is 78.9 Å². The van der Waals surface area contributed by atoms with Gasteiger partial charge in [0.1, 0.15) is 5.82 Å². The Bertz CT molecular complexity index is 576. The van der Waals surface area contributed by atoms with Crippen LogP contribution in [-0.4, -0.2) is 26.0 Å². The van der Waals surface area contributed by atoms with Crippen LogP contribution in [0.4, 0.5) is 0 Å². The van der Waals surface area contributed by atoms with Crippen LogP contribution < -0.4 is 0 Å². The van der Waals surface area contributed by atoms with Crippen molar-refractivity contribution >= 4 is 17.1 Å². The highest BCUT2D eigenvalue weighted by molar-refractivity contribution is 5.76. The number of H-pyrrole nitrogens is 1. The van der Waals surface area contributed by atoms with E-state index in [-0.39, 0.29) is 11.8 Å². The number of aryl methyl sites for hydroxylation is 1. The standard InChI is InChI=1S/C11H11N3O2/c1-5-2-3-8-10(12-5)14-9(13-8)6-4-7(6)11(15)16/h2-3,6-7H,4H2,1H3,(H,15,16)(H,12,13,14)/t6-,7-/m1/s1.